The van der Waals surface area contributed by atoms with Crippen molar-refractivity contribution < 1.29 is 0 Å². The average Bonchev–Trinajstić information content (AvgIpc) is 2.52. The minimum Gasteiger partial charge on any atom is -0.384 e. The van der Waals surface area contributed by atoms with Gasteiger partial charge < -0.3 is 5.73 Å². The van der Waals surface area contributed by atoms with E-state index in [9.17, 15) is 5.26 Å². The fraction of sp³-hybridized carbons (Fsp3) is 0.214. The predicted octanol–water partition coefficient (Wildman–Crippen LogP) is 4.38. The lowest BCUT2D eigenvalue weighted by atomic mass is 10.2. The van der Waals surface area contributed by atoms with E-state index in [0.717, 1.165) is 31.5 Å². The van der Waals surface area contributed by atoms with E-state index < -0.39 is 0 Å². The van der Waals surface area contributed by atoms with Crippen molar-refractivity contribution in [3.8, 4) is 11.8 Å². The molecule has 1 aromatic heterocycles. The quantitative estimate of drug-likeness (QED) is 0.795. The summed E-state index contributed by atoms with van der Waals surface area (Å²) in [4.78, 5) is 0. The lowest BCUT2D eigenvalue weighted by Gasteiger charge is -2.15. The summed E-state index contributed by atoms with van der Waals surface area (Å²) in [6.45, 7) is 5.91. The summed E-state index contributed by atoms with van der Waals surface area (Å²) in [7, 11) is 0. The first-order valence-corrected chi connectivity index (χ1v) is 7.30. The van der Waals surface area contributed by atoms with Crippen LogP contribution >= 0.6 is 31.9 Å². The summed E-state index contributed by atoms with van der Waals surface area (Å²) in [5.74, 6) is 0.489. The molecule has 0 saturated heterocycles. The van der Waals surface area contributed by atoms with Crippen LogP contribution in [0.4, 0.5) is 5.82 Å². The zero-order chi connectivity index (χ0) is 14.3. The van der Waals surface area contributed by atoms with Crippen molar-refractivity contribution in [3.05, 3.63) is 43.5 Å². The molecule has 0 amide bonds. The Morgan fingerprint density at radius 1 is 1.21 bits per heavy atom. The molecule has 19 heavy (non-hydrogen) atoms. The van der Waals surface area contributed by atoms with Crippen molar-refractivity contribution in [1.29, 1.82) is 5.26 Å². The predicted molar refractivity (Wildman–Crippen MR) is 84.5 cm³/mol. The standard InChI is InChI=1S/C14H13Br2N3/c1-7-4-10(15)5-12(16)13(7)19-9(3)8(2)11(6-17)14(19)18/h4-5H,18H2,1-3H3. The molecule has 1 aromatic carbocycles. The molecular weight excluding hydrogens is 370 g/mol. The van der Waals surface area contributed by atoms with Gasteiger partial charge in [-0.2, -0.15) is 5.26 Å². The van der Waals surface area contributed by atoms with E-state index in [-0.39, 0.29) is 0 Å². The normalized spacial score (nSPS) is 10.5. The zero-order valence-corrected chi connectivity index (χ0v) is 14.1. The monoisotopic (exact) mass is 381 g/mol. The average molecular weight is 383 g/mol. The van der Waals surface area contributed by atoms with E-state index in [4.69, 9.17) is 5.73 Å². The first kappa shape index (κ1) is 14.2. The molecule has 0 spiro atoms. The Kier molecular flexibility index (Phi) is 3.75. The SMILES string of the molecule is Cc1cc(Br)cc(Br)c1-n1c(C)c(C)c(C#N)c1N. The number of hydrogen-bond acceptors (Lipinski definition) is 2. The van der Waals surface area contributed by atoms with Crippen molar-refractivity contribution in [2.75, 3.05) is 5.73 Å². The molecule has 0 unspecified atom stereocenters. The number of aromatic nitrogens is 1. The number of hydrogen-bond donors (Lipinski definition) is 1. The molecule has 0 atom stereocenters. The van der Waals surface area contributed by atoms with E-state index >= 15 is 0 Å². The van der Waals surface area contributed by atoms with Gasteiger partial charge in [0.15, 0.2) is 0 Å². The number of nitrogens with two attached hydrogens (primary N) is 1. The van der Waals surface area contributed by atoms with E-state index in [1.165, 1.54) is 0 Å². The minimum atomic E-state index is 0.489. The van der Waals surface area contributed by atoms with Crippen molar-refractivity contribution >= 4 is 37.7 Å². The number of benzene rings is 1. The van der Waals surface area contributed by atoms with Crippen LogP contribution in [-0.2, 0) is 0 Å². The van der Waals surface area contributed by atoms with Gasteiger partial charge in [-0.15, -0.1) is 0 Å². The van der Waals surface area contributed by atoms with Crippen molar-refractivity contribution in [1.82, 2.24) is 4.57 Å². The van der Waals surface area contributed by atoms with Gasteiger partial charge in [0.25, 0.3) is 0 Å². The van der Waals surface area contributed by atoms with Gasteiger partial charge in [-0.1, -0.05) is 15.9 Å². The van der Waals surface area contributed by atoms with E-state index in [0.29, 0.717) is 11.4 Å². The van der Waals surface area contributed by atoms with Gasteiger partial charge in [0, 0.05) is 14.6 Å². The van der Waals surface area contributed by atoms with Gasteiger partial charge >= 0.3 is 0 Å². The van der Waals surface area contributed by atoms with Gasteiger partial charge in [0.05, 0.1) is 11.3 Å². The van der Waals surface area contributed by atoms with Crippen LogP contribution in [0.3, 0.4) is 0 Å². The molecule has 2 aromatic rings. The third-order valence-electron chi connectivity index (χ3n) is 3.30. The van der Waals surface area contributed by atoms with Gasteiger partial charge in [0.1, 0.15) is 11.9 Å². The lowest BCUT2D eigenvalue weighted by molar-refractivity contribution is 0.995. The highest BCUT2D eigenvalue weighted by Crippen LogP contribution is 2.35. The molecule has 0 aliphatic carbocycles. The highest BCUT2D eigenvalue weighted by atomic mass is 79.9. The fourth-order valence-electron chi connectivity index (χ4n) is 2.24. The first-order chi connectivity index (χ1) is 8.88. The Bertz CT molecular complexity index is 685. The van der Waals surface area contributed by atoms with E-state index in [1.54, 1.807) is 0 Å². The highest BCUT2D eigenvalue weighted by Gasteiger charge is 2.19. The van der Waals surface area contributed by atoms with Crippen LogP contribution in [0.15, 0.2) is 21.1 Å². The molecule has 0 saturated carbocycles. The summed E-state index contributed by atoms with van der Waals surface area (Å²) in [5, 5.41) is 9.20. The van der Waals surface area contributed by atoms with Crippen molar-refractivity contribution in [3.63, 3.8) is 0 Å². The molecule has 0 aliphatic rings. The number of nitrogen functional groups attached to an aromatic ring is 1. The highest BCUT2D eigenvalue weighted by molar-refractivity contribution is 9.11. The largest absolute Gasteiger partial charge is 0.384 e. The van der Waals surface area contributed by atoms with Crippen molar-refractivity contribution in [2.24, 2.45) is 0 Å². The summed E-state index contributed by atoms with van der Waals surface area (Å²) in [5.41, 5.74) is 10.6. The molecule has 0 radical (unpaired) electrons. The van der Waals surface area contributed by atoms with Crippen LogP contribution in [0, 0.1) is 32.1 Å². The molecule has 2 rings (SSSR count). The van der Waals surface area contributed by atoms with Gasteiger partial charge in [0.2, 0.25) is 0 Å². The molecule has 3 nitrogen and oxygen atoms in total. The number of halogens is 2. The topological polar surface area (TPSA) is 54.7 Å². The number of nitrogens with zero attached hydrogens (tertiary/aromatic N) is 2. The number of rotatable bonds is 1. The minimum absolute atomic E-state index is 0.489. The van der Waals surface area contributed by atoms with Crippen molar-refractivity contribution in [2.45, 2.75) is 20.8 Å². The Balaban J connectivity index is 2.85. The van der Waals surface area contributed by atoms with E-state index in [2.05, 4.69) is 37.9 Å². The number of anilines is 1. The van der Waals surface area contributed by atoms with Crippen LogP contribution in [0.25, 0.3) is 5.69 Å². The Labute approximate surface area is 129 Å². The summed E-state index contributed by atoms with van der Waals surface area (Å²) in [6, 6.07) is 6.18. The molecule has 0 aliphatic heterocycles. The maximum atomic E-state index is 9.20. The third kappa shape index (κ3) is 2.19. The molecule has 5 heteroatoms. The van der Waals surface area contributed by atoms with Crippen LogP contribution in [0.1, 0.15) is 22.4 Å². The van der Waals surface area contributed by atoms with Crippen LogP contribution in [0.5, 0.6) is 0 Å². The van der Waals surface area contributed by atoms with Gasteiger partial charge in [-0.25, -0.2) is 0 Å². The van der Waals surface area contributed by atoms with Gasteiger partial charge in [-0.05, 0) is 60.0 Å². The van der Waals surface area contributed by atoms with Crippen LogP contribution in [0.2, 0.25) is 0 Å². The van der Waals surface area contributed by atoms with Crippen LogP contribution in [-0.4, -0.2) is 4.57 Å². The fourth-order valence-corrected chi connectivity index (χ4v) is 3.86. The molecule has 0 bridgehead atoms. The molecular formula is C14H13Br2N3. The number of nitriles is 1. The summed E-state index contributed by atoms with van der Waals surface area (Å²) < 4.78 is 3.87. The molecule has 1 heterocycles. The summed E-state index contributed by atoms with van der Waals surface area (Å²) >= 11 is 7.04. The maximum Gasteiger partial charge on any atom is 0.126 e. The van der Waals surface area contributed by atoms with E-state index in [1.807, 2.05) is 37.5 Å². The summed E-state index contributed by atoms with van der Waals surface area (Å²) in [6.07, 6.45) is 0. The molecule has 0 fully saturated rings. The molecule has 98 valence electrons. The second-order valence-corrected chi connectivity index (χ2v) is 6.24. The smallest absolute Gasteiger partial charge is 0.126 e. The second-order valence-electron chi connectivity index (χ2n) is 4.47. The van der Waals surface area contributed by atoms with Crippen LogP contribution < -0.4 is 5.73 Å². The first-order valence-electron chi connectivity index (χ1n) is 5.72. The Morgan fingerprint density at radius 3 is 2.32 bits per heavy atom. The third-order valence-corrected chi connectivity index (χ3v) is 4.37. The Hall–Kier alpha value is -1.25. The lowest BCUT2D eigenvalue weighted by Crippen LogP contribution is -2.05. The second kappa shape index (κ2) is 5.03. The van der Waals surface area contributed by atoms with Gasteiger partial charge in [-0.3, -0.25) is 4.57 Å². The Morgan fingerprint density at radius 2 is 1.84 bits per heavy atom. The molecule has 2 N–H and O–H groups in total. The zero-order valence-electron chi connectivity index (χ0n) is 10.9. The maximum absolute atomic E-state index is 9.20. The number of aryl methyl sites for hydroxylation is 1.